The molecule has 11 nitrogen and oxygen atoms in total. The van der Waals surface area contributed by atoms with Crippen molar-refractivity contribution in [3.05, 3.63) is 60.2 Å². The van der Waals surface area contributed by atoms with Crippen LogP contribution in [0.3, 0.4) is 0 Å². The number of ether oxygens (including phenoxy) is 5. The van der Waals surface area contributed by atoms with Gasteiger partial charge in [0.2, 0.25) is 13.2 Å². The molecular formula is C34H48BN3O8S3. The van der Waals surface area contributed by atoms with Gasteiger partial charge in [-0.15, -0.1) is 0 Å². The molecule has 1 heterocycles. The van der Waals surface area contributed by atoms with Crippen molar-refractivity contribution in [1.82, 2.24) is 10.6 Å². The molecule has 0 spiro atoms. The number of thioether (sulfide) groups is 1. The van der Waals surface area contributed by atoms with E-state index in [0.717, 1.165) is 4.90 Å². The first-order chi connectivity index (χ1) is 23.7. The van der Waals surface area contributed by atoms with Crippen LogP contribution in [0.25, 0.3) is 0 Å². The zero-order chi connectivity index (χ0) is 35.3. The lowest BCUT2D eigenvalue weighted by Crippen LogP contribution is -2.29. The van der Waals surface area contributed by atoms with Gasteiger partial charge >= 0.3 is 0 Å². The van der Waals surface area contributed by atoms with Crippen molar-refractivity contribution >= 4 is 52.4 Å². The van der Waals surface area contributed by atoms with Gasteiger partial charge in [-0.3, -0.25) is 9.59 Å². The topological polar surface area (TPSA) is 151 Å². The van der Waals surface area contributed by atoms with Crippen LogP contribution in [0, 0.1) is 11.7 Å². The molecule has 0 aromatic heterocycles. The maximum atomic E-state index is 12.3. The minimum atomic E-state index is -0.374. The van der Waals surface area contributed by atoms with Gasteiger partial charge < -0.3 is 45.2 Å². The molecule has 4 atom stereocenters. The zero-order valence-corrected chi connectivity index (χ0v) is 30.8. The van der Waals surface area contributed by atoms with Crippen molar-refractivity contribution in [2.75, 3.05) is 58.6 Å². The highest BCUT2D eigenvalue weighted by atomic mass is 33.1. The van der Waals surface area contributed by atoms with Crippen molar-refractivity contribution in [3.63, 3.8) is 0 Å². The molecule has 5 N–H and O–H groups in total. The summed E-state index contributed by atoms with van der Waals surface area (Å²) in [7, 11) is 3.72. The average Bonchev–Trinajstić information content (AvgIpc) is 3.49. The third kappa shape index (κ3) is 17.4. The number of rotatable bonds is 21. The molecule has 1 fully saturated rings. The second-order valence-corrected chi connectivity index (χ2v) is 16.0. The Balaban J connectivity index is 1.30. The van der Waals surface area contributed by atoms with E-state index in [9.17, 15) is 14.7 Å². The number of hydrogen-bond acceptors (Lipinski definition) is 12. The Labute approximate surface area is 302 Å². The van der Waals surface area contributed by atoms with E-state index < -0.39 is 0 Å². The standard InChI is InChI=1S/C34H48BN3O8S3/c1-34(2,3)49-48-32(23-44-26-10-7-9-25(19-26)33(41)38-16-14-36)43-18-17-42-22-31(40)37-15-8-13-35-30-20-28(29(21-39)46-30)45-24-47-27-11-5-4-6-12-27/h4-7,9-12,19,28-30,32,35,39H,14-18,20-24,36H2,1-3H3,(H,37,40)(H,38,41)/t28-,29?,30-,32?/m1/s1. The summed E-state index contributed by atoms with van der Waals surface area (Å²) in [6.45, 7) is 7.84. The van der Waals surface area contributed by atoms with Gasteiger partial charge in [0.15, 0.2) is 0 Å². The molecule has 2 aromatic carbocycles. The molecule has 3 rings (SSSR count). The second kappa shape index (κ2) is 23.2. The number of carbonyl (C=O) groups excluding carboxylic acids is 2. The molecule has 2 amide bonds. The highest BCUT2D eigenvalue weighted by Gasteiger charge is 2.35. The van der Waals surface area contributed by atoms with Crippen LogP contribution in [-0.4, -0.2) is 111 Å². The molecule has 1 aliphatic rings. The van der Waals surface area contributed by atoms with Crippen LogP contribution in [0.5, 0.6) is 5.75 Å². The minimum absolute atomic E-state index is 0.00937. The van der Waals surface area contributed by atoms with E-state index in [0.29, 0.717) is 44.0 Å². The van der Waals surface area contributed by atoms with Gasteiger partial charge in [-0.1, -0.05) is 84.3 Å². The first kappa shape index (κ1) is 41.0. The fraction of sp³-hybridized carbons (Fsp3) is 0.529. The summed E-state index contributed by atoms with van der Waals surface area (Å²) in [5.74, 6) is 6.55. The van der Waals surface area contributed by atoms with Crippen molar-refractivity contribution in [2.45, 2.75) is 60.5 Å². The van der Waals surface area contributed by atoms with Crippen LogP contribution in [0.1, 0.15) is 37.6 Å². The Kier molecular flexibility index (Phi) is 19.4. The molecule has 0 bridgehead atoms. The quantitative estimate of drug-likeness (QED) is 0.0373. The molecule has 2 aromatic rings. The lowest BCUT2D eigenvalue weighted by molar-refractivity contribution is -0.126. The van der Waals surface area contributed by atoms with E-state index in [4.69, 9.17) is 29.4 Å². The molecule has 1 saturated heterocycles. The molecule has 0 radical (unpaired) electrons. The van der Waals surface area contributed by atoms with Gasteiger partial charge in [0.1, 0.15) is 30.5 Å². The van der Waals surface area contributed by atoms with Gasteiger partial charge in [-0.2, -0.15) is 5.82 Å². The van der Waals surface area contributed by atoms with Crippen LogP contribution < -0.4 is 21.1 Å². The lowest BCUT2D eigenvalue weighted by Gasteiger charge is -2.22. The van der Waals surface area contributed by atoms with Crippen molar-refractivity contribution < 1.29 is 38.4 Å². The molecule has 1 aliphatic heterocycles. The smallest absolute Gasteiger partial charge is 0.251 e. The van der Waals surface area contributed by atoms with Gasteiger partial charge in [0.05, 0.1) is 38.4 Å². The van der Waals surface area contributed by atoms with Crippen LogP contribution >= 0.6 is 33.3 Å². The molecule has 0 aliphatic carbocycles. The number of hydrogen-bond donors (Lipinski definition) is 4. The Morgan fingerprint density at radius 2 is 1.96 bits per heavy atom. The van der Waals surface area contributed by atoms with Crippen LogP contribution in [0.15, 0.2) is 59.5 Å². The first-order valence-corrected chi connectivity index (χ1v) is 19.4. The number of nitrogens with one attached hydrogen (secondary N) is 2. The van der Waals surface area contributed by atoms with Crippen molar-refractivity contribution in [1.29, 1.82) is 0 Å². The summed E-state index contributed by atoms with van der Waals surface area (Å²) in [5, 5.41) is 15.2. The normalized spacial score (nSPS) is 17.9. The van der Waals surface area contributed by atoms with Crippen molar-refractivity contribution in [2.24, 2.45) is 5.73 Å². The number of benzene rings is 2. The predicted molar refractivity (Wildman–Crippen MR) is 199 cm³/mol. The van der Waals surface area contributed by atoms with Crippen LogP contribution in [0.2, 0.25) is 0 Å². The average molecular weight is 734 g/mol. The van der Waals surface area contributed by atoms with E-state index >= 15 is 0 Å². The number of nitrogens with two attached hydrogens (primary N) is 1. The fourth-order valence-corrected chi connectivity index (χ4v) is 7.22. The maximum absolute atomic E-state index is 12.3. The summed E-state index contributed by atoms with van der Waals surface area (Å²) in [5.41, 5.74) is 5.66. The van der Waals surface area contributed by atoms with Gasteiger partial charge in [0, 0.05) is 34.3 Å². The SMILES string of the molecule is CC(C)(C)SSC(COc1cccc(C(=O)NCCN)c1)OCCOCC(=O)NCC#CB[C@H]1C[C@@H](OCSc2ccccc2)C(CO)O1. The zero-order valence-electron chi connectivity index (χ0n) is 28.4. The van der Waals surface area contributed by atoms with Crippen molar-refractivity contribution in [3.8, 4) is 17.5 Å². The van der Waals surface area contributed by atoms with Gasteiger partial charge in [-0.25, -0.2) is 0 Å². The highest BCUT2D eigenvalue weighted by Crippen LogP contribution is 2.38. The second-order valence-electron chi connectivity index (χ2n) is 11.9. The number of carbonyl (C=O) groups is 2. The summed E-state index contributed by atoms with van der Waals surface area (Å²) < 4.78 is 29.4. The van der Waals surface area contributed by atoms with Gasteiger partial charge in [-0.05, 0) is 36.8 Å². The van der Waals surface area contributed by atoms with Gasteiger partial charge in [0.25, 0.3) is 5.91 Å². The van der Waals surface area contributed by atoms with Crippen LogP contribution in [0.4, 0.5) is 0 Å². The number of aliphatic hydroxyl groups excluding tert-OH is 1. The molecular weight excluding hydrogens is 685 g/mol. The monoisotopic (exact) mass is 733 g/mol. The Morgan fingerprint density at radius 1 is 1.14 bits per heavy atom. The molecule has 15 heteroatoms. The Hall–Kier alpha value is -2.39. The Morgan fingerprint density at radius 3 is 2.71 bits per heavy atom. The fourth-order valence-electron chi connectivity index (χ4n) is 4.30. The highest BCUT2D eigenvalue weighted by molar-refractivity contribution is 8.77. The molecule has 2 unspecified atom stereocenters. The van der Waals surface area contributed by atoms with E-state index in [2.05, 4.69) is 43.1 Å². The van der Waals surface area contributed by atoms with E-state index in [-0.39, 0.29) is 79.8 Å². The summed E-state index contributed by atoms with van der Waals surface area (Å²) >= 11 is 1.60. The van der Waals surface area contributed by atoms with E-state index in [1.54, 1.807) is 57.6 Å². The summed E-state index contributed by atoms with van der Waals surface area (Å²) in [6, 6.07) is 16.8. The summed E-state index contributed by atoms with van der Waals surface area (Å²) in [6.07, 6.45) is 0.0893. The maximum Gasteiger partial charge on any atom is 0.251 e. The summed E-state index contributed by atoms with van der Waals surface area (Å²) in [4.78, 5) is 25.6. The van der Waals surface area contributed by atoms with E-state index in [1.807, 2.05) is 30.3 Å². The number of aliphatic hydroxyl groups is 1. The van der Waals surface area contributed by atoms with Crippen LogP contribution in [-0.2, 0) is 23.7 Å². The third-order valence-electron chi connectivity index (χ3n) is 6.62. The predicted octanol–water partition coefficient (Wildman–Crippen LogP) is 3.05. The molecule has 268 valence electrons. The molecule has 0 saturated carbocycles. The third-order valence-corrected chi connectivity index (χ3v) is 11.0. The largest absolute Gasteiger partial charge is 0.490 e. The Bertz CT molecular complexity index is 1330. The first-order valence-electron chi connectivity index (χ1n) is 16.2. The lowest BCUT2D eigenvalue weighted by atomic mass is 9.71. The number of amides is 2. The van der Waals surface area contributed by atoms with E-state index in [1.165, 1.54) is 0 Å². The molecule has 49 heavy (non-hydrogen) atoms. The minimum Gasteiger partial charge on any atom is -0.490 e.